The van der Waals surface area contributed by atoms with E-state index in [1.807, 2.05) is 56.3 Å². The number of thioether (sulfide) groups is 1. The summed E-state index contributed by atoms with van der Waals surface area (Å²) < 4.78 is 17.1. The first-order valence-electron chi connectivity index (χ1n) is 9.95. The van der Waals surface area contributed by atoms with Crippen LogP contribution in [-0.4, -0.2) is 43.3 Å². The summed E-state index contributed by atoms with van der Waals surface area (Å²) in [5, 5.41) is 0.667. The summed E-state index contributed by atoms with van der Waals surface area (Å²) in [7, 11) is 3.22. The van der Waals surface area contributed by atoms with Crippen molar-refractivity contribution in [3.63, 3.8) is 0 Å². The molecule has 3 rings (SSSR count). The Morgan fingerprint density at radius 3 is 2.48 bits per heavy atom. The Morgan fingerprint density at radius 2 is 1.87 bits per heavy atom. The molecule has 164 valence electrons. The molecule has 0 radical (unpaired) electrons. The molecular formula is C23H25BrN2O4S. The highest BCUT2D eigenvalue weighted by Crippen LogP contribution is 2.39. The summed E-state index contributed by atoms with van der Waals surface area (Å²) in [6.45, 7) is 5.09. The second kappa shape index (κ2) is 10.7. The monoisotopic (exact) mass is 504 g/mol. The lowest BCUT2D eigenvalue weighted by Gasteiger charge is -2.14. The number of methoxy groups -OCH3 is 2. The highest BCUT2D eigenvalue weighted by Gasteiger charge is 2.32. The second-order valence-electron chi connectivity index (χ2n) is 6.63. The maximum Gasteiger partial charge on any atom is 0.266 e. The largest absolute Gasteiger partial charge is 0.497 e. The number of carbonyl (C=O) groups excluding carboxylic acids is 1. The molecule has 1 amide bonds. The number of nitrogens with zero attached hydrogens (tertiary/aromatic N) is 2. The number of rotatable bonds is 8. The van der Waals surface area contributed by atoms with Gasteiger partial charge in [-0.3, -0.25) is 9.69 Å². The molecule has 1 aliphatic rings. The van der Waals surface area contributed by atoms with Crippen molar-refractivity contribution in [2.24, 2.45) is 4.99 Å². The summed E-state index contributed by atoms with van der Waals surface area (Å²) in [5.41, 5.74) is 1.61. The van der Waals surface area contributed by atoms with Crippen molar-refractivity contribution in [2.75, 3.05) is 27.4 Å². The van der Waals surface area contributed by atoms with Gasteiger partial charge in [0.2, 0.25) is 0 Å². The molecule has 0 bridgehead atoms. The van der Waals surface area contributed by atoms with Crippen molar-refractivity contribution < 1.29 is 19.0 Å². The quantitative estimate of drug-likeness (QED) is 0.420. The third kappa shape index (κ3) is 5.43. The first kappa shape index (κ1) is 23.2. The van der Waals surface area contributed by atoms with Crippen LogP contribution in [0.15, 0.2) is 50.8 Å². The maximum atomic E-state index is 13.1. The summed E-state index contributed by atoms with van der Waals surface area (Å²) in [6, 6.07) is 11.2. The molecule has 2 aromatic rings. The molecule has 0 aliphatic carbocycles. The van der Waals surface area contributed by atoms with Gasteiger partial charge in [0.25, 0.3) is 5.91 Å². The second-order valence-corrected chi connectivity index (χ2v) is 8.49. The molecule has 0 aromatic heterocycles. The highest BCUT2D eigenvalue weighted by molar-refractivity contribution is 9.10. The van der Waals surface area contributed by atoms with E-state index < -0.39 is 0 Å². The number of carbonyl (C=O) groups is 1. The fraction of sp³-hybridized carbons (Fsp3) is 0.304. The van der Waals surface area contributed by atoms with Gasteiger partial charge in [0.05, 0.1) is 35.9 Å². The number of aliphatic imine (C=N–C) groups is 1. The molecule has 0 N–H and O–H groups in total. The van der Waals surface area contributed by atoms with Gasteiger partial charge in [0, 0.05) is 6.54 Å². The van der Waals surface area contributed by atoms with Gasteiger partial charge in [-0.25, -0.2) is 4.99 Å². The van der Waals surface area contributed by atoms with Gasteiger partial charge in [0.15, 0.2) is 16.7 Å². The number of hydrogen-bond acceptors (Lipinski definition) is 6. The van der Waals surface area contributed by atoms with Crippen molar-refractivity contribution in [3.8, 4) is 17.2 Å². The van der Waals surface area contributed by atoms with Gasteiger partial charge in [-0.05, 0) is 89.1 Å². The van der Waals surface area contributed by atoms with Crippen LogP contribution in [0.2, 0.25) is 0 Å². The van der Waals surface area contributed by atoms with Crippen LogP contribution in [0.1, 0.15) is 25.8 Å². The lowest BCUT2D eigenvalue weighted by molar-refractivity contribution is -0.122. The van der Waals surface area contributed by atoms with Crippen LogP contribution >= 0.6 is 27.7 Å². The topological polar surface area (TPSA) is 60.4 Å². The fourth-order valence-electron chi connectivity index (χ4n) is 3.04. The smallest absolute Gasteiger partial charge is 0.266 e. The molecule has 0 saturated carbocycles. The minimum atomic E-state index is -0.0527. The van der Waals surface area contributed by atoms with Gasteiger partial charge in [0.1, 0.15) is 5.75 Å². The van der Waals surface area contributed by atoms with Crippen LogP contribution in [0.4, 0.5) is 5.69 Å². The Kier molecular flexibility index (Phi) is 8.03. The average Bonchev–Trinajstić information content (AvgIpc) is 3.05. The summed E-state index contributed by atoms with van der Waals surface area (Å²) >= 11 is 4.91. The number of benzene rings is 2. The van der Waals surface area contributed by atoms with Crippen molar-refractivity contribution in [2.45, 2.75) is 20.3 Å². The van der Waals surface area contributed by atoms with Crippen molar-refractivity contribution in [1.82, 2.24) is 4.90 Å². The van der Waals surface area contributed by atoms with E-state index in [2.05, 4.69) is 15.9 Å². The molecule has 1 heterocycles. The molecule has 1 fully saturated rings. The average molecular weight is 505 g/mol. The standard InChI is InChI=1S/C23H25BrN2O4S/c1-5-11-26-22(27)20(31-23(26)25-16-7-9-17(28-3)10-8-16)14-15-12-18(24)21(30-6-2)19(13-15)29-4/h7-10,12-14H,5-6,11H2,1-4H3/b20-14-,25-23?. The molecular weight excluding hydrogens is 480 g/mol. The van der Waals surface area contributed by atoms with E-state index in [1.165, 1.54) is 11.8 Å². The Morgan fingerprint density at radius 1 is 1.13 bits per heavy atom. The minimum Gasteiger partial charge on any atom is -0.497 e. The molecule has 0 unspecified atom stereocenters. The van der Waals surface area contributed by atoms with Crippen molar-refractivity contribution in [3.05, 3.63) is 51.3 Å². The zero-order valence-corrected chi connectivity index (χ0v) is 20.4. The maximum absolute atomic E-state index is 13.1. The predicted molar refractivity (Wildman–Crippen MR) is 130 cm³/mol. The third-order valence-electron chi connectivity index (χ3n) is 4.47. The van der Waals surface area contributed by atoms with E-state index in [-0.39, 0.29) is 5.91 Å². The van der Waals surface area contributed by atoms with Crippen LogP contribution < -0.4 is 14.2 Å². The summed E-state index contributed by atoms with van der Waals surface area (Å²) in [5.74, 6) is 1.96. The molecule has 0 atom stereocenters. The van der Waals surface area contributed by atoms with Crippen LogP contribution in [0, 0.1) is 0 Å². The predicted octanol–water partition coefficient (Wildman–Crippen LogP) is 5.88. The van der Waals surface area contributed by atoms with Crippen LogP contribution in [-0.2, 0) is 4.79 Å². The molecule has 0 spiro atoms. The normalized spacial score (nSPS) is 16.3. The Hall–Kier alpha value is -2.45. The third-order valence-corrected chi connectivity index (χ3v) is 6.07. The van der Waals surface area contributed by atoms with Crippen LogP contribution in [0.25, 0.3) is 6.08 Å². The number of ether oxygens (including phenoxy) is 3. The van der Waals surface area contributed by atoms with E-state index >= 15 is 0 Å². The van der Waals surface area contributed by atoms with E-state index in [0.29, 0.717) is 34.7 Å². The van der Waals surface area contributed by atoms with Crippen molar-refractivity contribution in [1.29, 1.82) is 0 Å². The summed E-state index contributed by atoms with van der Waals surface area (Å²) in [4.78, 5) is 20.1. The fourth-order valence-corrected chi connectivity index (χ4v) is 4.64. The Labute approximate surface area is 195 Å². The van der Waals surface area contributed by atoms with Gasteiger partial charge in [-0.2, -0.15) is 0 Å². The van der Waals surface area contributed by atoms with Crippen molar-refractivity contribution >= 4 is 50.5 Å². The first-order valence-corrected chi connectivity index (χ1v) is 11.6. The molecule has 2 aromatic carbocycles. The minimum absolute atomic E-state index is 0.0527. The number of amidine groups is 1. The zero-order valence-electron chi connectivity index (χ0n) is 18.0. The summed E-state index contributed by atoms with van der Waals surface area (Å²) in [6.07, 6.45) is 2.69. The van der Waals surface area contributed by atoms with Crippen LogP contribution in [0.3, 0.4) is 0 Å². The van der Waals surface area contributed by atoms with E-state index in [0.717, 1.165) is 27.9 Å². The van der Waals surface area contributed by atoms with E-state index in [9.17, 15) is 4.79 Å². The first-order chi connectivity index (χ1) is 15.0. The Balaban J connectivity index is 1.94. The zero-order chi connectivity index (χ0) is 22.4. The van der Waals surface area contributed by atoms with E-state index in [1.54, 1.807) is 19.1 Å². The van der Waals surface area contributed by atoms with Gasteiger partial charge in [-0.15, -0.1) is 0 Å². The van der Waals surface area contributed by atoms with Gasteiger partial charge >= 0.3 is 0 Å². The number of halogens is 1. The van der Waals surface area contributed by atoms with E-state index in [4.69, 9.17) is 19.2 Å². The van der Waals surface area contributed by atoms with Gasteiger partial charge in [-0.1, -0.05) is 6.92 Å². The number of amides is 1. The van der Waals surface area contributed by atoms with Gasteiger partial charge < -0.3 is 14.2 Å². The molecule has 8 heteroatoms. The molecule has 1 aliphatic heterocycles. The number of hydrogen-bond donors (Lipinski definition) is 0. The highest BCUT2D eigenvalue weighted by atomic mass is 79.9. The molecule has 31 heavy (non-hydrogen) atoms. The molecule has 1 saturated heterocycles. The van der Waals surface area contributed by atoms with Crippen LogP contribution in [0.5, 0.6) is 17.2 Å². The lowest BCUT2D eigenvalue weighted by Crippen LogP contribution is -2.29. The Bertz CT molecular complexity index is 1010. The molecule has 6 nitrogen and oxygen atoms in total. The SMILES string of the molecule is CCCN1C(=O)/C(=C/c2cc(Br)c(OCC)c(OC)c2)SC1=Nc1ccc(OC)cc1. The lowest BCUT2D eigenvalue weighted by atomic mass is 10.2.